The van der Waals surface area contributed by atoms with Crippen LogP contribution in [0.2, 0.25) is 0 Å². The molecule has 0 fully saturated rings. The van der Waals surface area contributed by atoms with E-state index in [1.807, 2.05) is 19.1 Å². The summed E-state index contributed by atoms with van der Waals surface area (Å²) in [4.78, 5) is 17.4. The number of carbonyl (C=O) groups is 1. The standard InChI is InChI=1S/C25H25N3O.H2/c1-17-7-10-20(11-8-17)12-9-19(3)25(29)22-16-24-26-14-13-23(28(24)27-22)21-6-4-5-18(2)15-21;/h4-8,10-11,13-16,19H,9,12H2,1-3H3;1H. The lowest BCUT2D eigenvalue weighted by Gasteiger charge is -2.09. The lowest BCUT2D eigenvalue weighted by Crippen LogP contribution is -2.13. The molecule has 0 bridgehead atoms. The molecule has 2 aromatic carbocycles. The van der Waals surface area contributed by atoms with Crippen molar-refractivity contribution in [1.82, 2.24) is 14.6 Å². The van der Waals surface area contributed by atoms with Crippen LogP contribution in [-0.2, 0) is 6.42 Å². The second-order valence-electron chi connectivity index (χ2n) is 7.79. The topological polar surface area (TPSA) is 47.3 Å². The van der Waals surface area contributed by atoms with E-state index >= 15 is 0 Å². The fourth-order valence-corrected chi connectivity index (χ4v) is 3.56. The number of ketones is 1. The zero-order valence-electron chi connectivity index (χ0n) is 17.1. The number of fused-ring (bicyclic) bond motifs is 1. The van der Waals surface area contributed by atoms with Crippen LogP contribution in [-0.4, -0.2) is 20.4 Å². The van der Waals surface area contributed by atoms with Crippen LogP contribution >= 0.6 is 0 Å². The Kier molecular flexibility index (Phi) is 5.26. The van der Waals surface area contributed by atoms with Crippen molar-refractivity contribution >= 4 is 11.4 Å². The summed E-state index contributed by atoms with van der Waals surface area (Å²) in [5.41, 5.74) is 6.86. The molecule has 0 aliphatic rings. The molecule has 4 nitrogen and oxygen atoms in total. The first kappa shape index (κ1) is 19.1. The Labute approximate surface area is 172 Å². The van der Waals surface area contributed by atoms with Crippen LogP contribution in [0.1, 0.15) is 42.0 Å². The first-order chi connectivity index (χ1) is 14.0. The second-order valence-corrected chi connectivity index (χ2v) is 7.79. The van der Waals surface area contributed by atoms with Crippen LogP contribution in [0, 0.1) is 19.8 Å². The molecule has 0 spiro atoms. The van der Waals surface area contributed by atoms with Gasteiger partial charge in [0, 0.05) is 25.2 Å². The number of aryl methyl sites for hydroxylation is 3. The quantitative estimate of drug-likeness (QED) is 0.399. The predicted molar refractivity (Wildman–Crippen MR) is 118 cm³/mol. The monoisotopic (exact) mass is 385 g/mol. The van der Waals surface area contributed by atoms with E-state index in [1.165, 1.54) is 16.7 Å². The van der Waals surface area contributed by atoms with Crippen LogP contribution in [0.3, 0.4) is 0 Å². The maximum absolute atomic E-state index is 13.0. The van der Waals surface area contributed by atoms with Crippen molar-refractivity contribution in [2.45, 2.75) is 33.6 Å². The smallest absolute Gasteiger partial charge is 0.185 e. The van der Waals surface area contributed by atoms with Gasteiger partial charge in [0.1, 0.15) is 5.69 Å². The number of carbonyl (C=O) groups excluding carboxylic acids is 1. The van der Waals surface area contributed by atoms with Crippen LogP contribution in [0.15, 0.2) is 66.9 Å². The number of hydrogen-bond acceptors (Lipinski definition) is 3. The molecular weight excluding hydrogens is 358 g/mol. The second kappa shape index (κ2) is 8.00. The van der Waals surface area contributed by atoms with Crippen molar-refractivity contribution < 1.29 is 6.22 Å². The van der Waals surface area contributed by atoms with Gasteiger partial charge in [-0.2, -0.15) is 5.10 Å². The van der Waals surface area contributed by atoms with Crippen molar-refractivity contribution in [2.75, 3.05) is 0 Å². The van der Waals surface area contributed by atoms with Gasteiger partial charge in [-0.15, -0.1) is 0 Å². The van der Waals surface area contributed by atoms with E-state index in [9.17, 15) is 4.79 Å². The summed E-state index contributed by atoms with van der Waals surface area (Å²) in [6.45, 7) is 6.13. The van der Waals surface area contributed by atoms with Gasteiger partial charge in [-0.1, -0.05) is 60.5 Å². The molecule has 0 N–H and O–H groups in total. The predicted octanol–water partition coefficient (Wildman–Crippen LogP) is 5.71. The van der Waals surface area contributed by atoms with Crippen molar-refractivity contribution in [3.8, 4) is 11.3 Å². The minimum absolute atomic E-state index is 0. The Bertz CT molecular complexity index is 1160. The van der Waals surface area contributed by atoms with Gasteiger partial charge in [0.2, 0.25) is 0 Å². The number of benzene rings is 2. The number of Topliss-reactive ketones (excluding diaryl/α,β-unsaturated/α-hetero) is 1. The fourth-order valence-electron chi connectivity index (χ4n) is 3.56. The molecule has 4 aromatic rings. The van der Waals surface area contributed by atoms with E-state index in [1.54, 1.807) is 16.8 Å². The summed E-state index contributed by atoms with van der Waals surface area (Å²) >= 11 is 0. The summed E-state index contributed by atoms with van der Waals surface area (Å²) in [5.74, 6) is -0.0264. The third-order valence-electron chi connectivity index (χ3n) is 5.36. The zero-order chi connectivity index (χ0) is 20.4. The van der Waals surface area contributed by atoms with Crippen molar-refractivity contribution in [3.63, 3.8) is 0 Å². The molecule has 2 aromatic heterocycles. The Hall–Kier alpha value is -3.27. The van der Waals surface area contributed by atoms with Crippen molar-refractivity contribution in [1.29, 1.82) is 0 Å². The molecule has 1 unspecified atom stereocenters. The first-order valence-corrected chi connectivity index (χ1v) is 10.0. The highest BCUT2D eigenvalue weighted by Gasteiger charge is 2.20. The Morgan fingerprint density at radius 1 is 1.03 bits per heavy atom. The van der Waals surface area contributed by atoms with Gasteiger partial charge in [-0.25, -0.2) is 9.50 Å². The molecule has 0 radical (unpaired) electrons. The Morgan fingerprint density at radius 2 is 1.83 bits per heavy atom. The molecule has 0 aliphatic heterocycles. The lowest BCUT2D eigenvalue weighted by molar-refractivity contribution is 0.0919. The largest absolute Gasteiger partial charge is 0.292 e. The molecule has 0 amide bonds. The maximum atomic E-state index is 13.0. The SMILES string of the molecule is Cc1ccc(CCC(C)C(=O)c2cc3nccc(-c4cccc(C)c4)n3n2)cc1.[HH]. The minimum Gasteiger partial charge on any atom is -0.292 e. The van der Waals surface area contributed by atoms with Crippen LogP contribution < -0.4 is 0 Å². The molecule has 4 heteroatoms. The van der Waals surface area contributed by atoms with E-state index in [0.717, 1.165) is 24.1 Å². The summed E-state index contributed by atoms with van der Waals surface area (Å²) in [5, 5.41) is 4.61. The average Bonchev–Trinajstić information content (AvgIpc) is 3.17. The van der Waals surface area contributed by atoms with Gasteiger partial charge in [0.15, 0.2) is 11.4 Å². The Balaban J connectivity index is 0.00000256. The highest BCUT2D eigenvalue weighted by Crippen LogP contribution is 2.22. The molecule has 0 aliphatic carbocycles. The zero-order valence-corrected chi connectivity index (χ0v) is 17.1. The normalized spacial score (nSPS) is 12.2. The molecule has 148 valence electrons. The van der Waals surface area contributed by atoms with Gasteiger partial charge in [-0.3, -0.25) is 4.79 Å². The van der Waals surface area contributed by atoms with E-state index in [4.69, 9.17) is 0 Å². The summed E-state index contributed by atoms with van der Waals surface area (Å²) in [6, 6.07) is 20.5. The van der Waals surface area contributed by atoms with E-state index in [0.29, 0.717) is 11.3 Å². The highest BCUT2D eigenvalue weighted by atomic mass is 16.1. The van der Waals surface area contributed by atoms with Crippen molar-refractivity contribution in [3.05, 3.63) is 89.2 Å². The summed E-state index contributed by atoms with van der Waals surface area (Å²) in [6.07, 6.45) is 3.45. The lowest BCUT2D eigenvalue weighted by atomic mass is 9.95. The minimum atomic E-state index is -0.0939. The molecule has 4 rings (SSSR count). The van der Waals surface area contributed by atoms with Gasteiger partial charge in [0.05, 0.1) is 5.69 Å². The van der Waals surface area contributed by atoms with Gasteiger partial charge >= 0.3 is 0 Å². The van der Waals surface area contributed by atoms with Crippen LogP contribution in [0.5, 0.6) is 0 Å². The molecule has 0 saturated heterocycles. The summed E-state index contributed by atoms with van der Waals surface area (Å²) < 4.78 is 1.77. The number of hydrogen-bond donors (Lipinski definition) is 0. The summed E-state index contributed by atoms with van der Waals surface area (Å²) in [7, 11) is 0. The van der Waals surface area contributed by atoms with E-state index in [-0.39, 0.29) is 13.1 Å². The van der Waals surface area contributed by atoms with E-state index < -0.39 is 0 Å². The average molecular weight is 386 g/mol. The van der Waals surface area contributed by atoms with Crippen molar-refractivity contribution in [2.24, 2.45) is 5.92 Å². The van der Waals surface area contributed by atoms with Gasteiger partial charge < -0.3 is 0 Å². The van der Waals surface area contributed by atoms with E-state index in [2.05, 4.69) is 66.4 Å². The molecule has 0 saturated carbocycles. The maximum Gasteiger partial charge on any atom is 0.185 e. The van der Waals surface area contributed by atoms with Crippen LogP contribution in [0.25, 0.3) is 16.9 Å². The highest BCUT2D eigenvalue weighted by molar-refractivity contribution is 5.96. The first-order valence-electron chi connectivity index (χ1n) is 10.0. The molecule has 2 heterocycles. The molecule has 29 heavy (non-hydrogen) atoms. The third-order valence-corrected chi connectivity index (χ3v) is 5.36. The number of aromatic nitrogens is 3. The number of rotatable bonds is 6. The van der Waals surface area contributed by atoms with Gasteiger partial charge in [-0.05, 0) is 44.4 Å². The Morgan fingerprint density at radius 3 is 2.59 bits per heavy atom. The fraction of sp³-hybridized carbons (Fsp3) is 0.240. The molecule has 1 atom stereocenters. The number of nitrogens with zero attached hydrogens (tertiary/aromatic N) is 3. The molecular formula is C25H27N3O. The van der Waals surface area contributed by atoms with Crippen LogP contribution in [0.4, 0.5) is 0 Å². The van der Waals surface area contributed by atoms with Gasteiger partial charge in [0.25, 0.3) is 0 Å². The third kappa shape index (κ3) is 4.11.